The fourth-order valence-electron chi connectivity index (χ4n) is 3.91. The highest BCUT2D eigenvalue weighted by atomic mass is 19.1. The van der Waals surface area contributed by atoms with Gasteiger partial charge in [0.05, 0.1) is 23.4 Å². The van der Waals surface area contributed by atoms with Crippen LogP contribution >= 0.6 is 0 Å². The summed E-state index contributed by atoms with van der Waals surface area (Å²) in [6, 6.07) is 21.4. The maximum Gasteiger partial charge on any atom is 0.258 e. The van der Waals surface area contributed by atoms with Crippen LogP contribution in [-0.4, -0.2) is 55.8 Å². The molecule has 1 aliphatic heterocycles. The predicted molar refractivity (Wildman–Crippen MR) is 138 cm³/mol. The summed E-state index contributed by atoms with van der Waals surface area (Å²) < 4.78 is 13.7. The Kier molecular flexibility index (Phi) is 7.27. The zero-order chi connectivity index (χ0) is 24.9. The SMILES string of the molecule is CN(C)CCN(C)C(=O)Cc1ccc(N/C(=C2\C(=O)Nc3cc(F)ccc32)c2ccccc2)cc1. The Balaban J connectivity index is 1.59. The van der Waals surface area contributed by atoms with E-state index < -0.39 is 5.82 Å². The first-order valence-electron chi connectivity index (χ1n) is 11.5. The minimum Gasteiger partial charge on any atom is -0.354 e. The second-order valence-electron chi connectivity index (χ2n) is 8.88. The summed E-state index contributed by atoms with van der Waals surface area (Å²) in [6.45, 7) is 1.48. The lowest BCUT2D eigenvalue weighted by Gasteiger charge is -2.20. The van der Waals surface area contributed by atoms with Crippen LogP contribution in [0.4, 0.5) is 15.8 Å². The van der Waals surface area contributed by atoms with Crippen molar-refractivity contribution >= 4 is 34.5 Å². The highest BCUT2D eigenvalue weighted by Crippen LogP contribution is 2.37. The normalized spacial score (nSPS) is 13.9. The number of anilines is 2. The summed E-state index contributed by atoms with van der Waals surface area (Å²) >= 11 is 0. The molecule has 35 heavy (non-hydrogen) atoms. The minimum absolute atomic E-state index is 0.0612. The molecule has 6 nitrogen and oxygen atoms in total. The van der Waals surface area contributed by atoms with Crippen molar-refractivity contribution in [1.82, 2.24) is 9.80 Å². The molecule has 0 aliphatic carbocycles. The molecule has 1 aliphatic rings. The van der Waals surface area contributed by atoms with E-state index in [1.165, 1.54) is 12.1 Å². The molecule has 0 spiro atoms. The quantitative estimate of drug-likeness (QED) is 0.480. The van der Waals surface area contributed by atoms with Crippen molar-refractivity contribution in [3.8, 4) is 0 Å². The third-order valence-corrected chi connectivity index (χ3v) is 5.93. The maximum atomic E-state index is 13.7. The van der Waals surface area contributed by atoms with Crippen molar-refractivity contribution in [3.05, 3.63) is 95.3 Å². The van der Waals surface area contributed by atoms with Gasteiger partial charge in [0.2, 0.25) is 5.91 Å². The van der Waals surface area contributed by atoms with Gasteiger partial charge < -0.3 is 20.4 Å². The Morgan fingerprint density at radius 1 is 0.943 bits per heavy atom. The van der Waals surface area contributed by atoms with E-state index >= 15 is 0 Å². The Labute approximate surface area is 205 Å². The molecule has 2 N–H and O–H groups in total. The van der Waals surface area contributed by atoms with Gasteiger partial charge in [-0.3, -0.25) is 9.59 Å². The molecular weight excluding hydrogens is 443 g/mol. The number of amides is 2. The average molecular weight is 473 g/mol. The summed E-state index contributed by atoms with van der Waals surface area (Å²) in [4.78, 5) is 29.2. The summed E-state index contributed by atoms with van der Waals surface area (Å²) in [5.74, 6) is -0.636. The highest BCUT2D eigenvalue weighted by molar-refractivity contribution is 6.37. The van der Waals surface area contributed by atoms with Gasteiger partial charge in [-0.1, -0.05) is 42.5 Å². The van der Waals surface area contributed by atoms with Crippen molar-refractivity contribution in [2.45, 2.75) is 6.42 Å². The molecule has 0 saturated carbocycles. The highest BCUT2D eigenvalue weighted by Gasteiger charge is 2.28. The molecule has 0 aromatic heterocycles. The molecule has 180 valence electrons. The van der Waals surface area contributed by atoms with E-state index in [2.05, 4.69) is 10.6 Å². The maximum absolute atomic E-state index is 13.7. The number of rotatable bonds is 8. The van der Waals surface area contributed by atoms with Gasteiger partial charge >= 0.3 is 0 Å². The number of halogens is 1. The van der Waals surface area contributed by atoms with Crippen LogP contribution in [0.25, 0.3) is 11.3 Å². The molecular formula is C28H29FN4O2. The fourth-order valence-corrected chi connectivity index (χ4v) is 3.91. The fraction of sp³-hybridized carbons (Fsp3) is 0.214. The lowest BCUT2D eigenvalue weighted by atomic mass is 10.00. The van der Waals surface area contributed by atoms with Gasteiger partial charge in [-0.05, 0) is 55.6 Å². The molecule has 0 unspecified atom stereocenters. The number of hydrogen-bond donors (Lipinski definition) is 2. The summed E-state index contributed by atoms with van der Waals surface area (Å²) in [6.07, 6.45) is 0.318. The van der Waals surface area contributed by atoms with Crippen LogP contribution in [-0.2, 0) is 16.0 Å². The summed E-state index contributed by atoms with van der Waals surface area (Å²) in [5.41, 5.74) is 4.69. The second-order valence-corrected chi connectivity index (χ2v) is 8.88. The molecule has 0 saturated heterocycles. The van der Waals surface area contributed by atoms with Gasteiger partial charge in [-0.2, -0.15) is 0 Å². The zero-order valence-electron chi connectivity index (χ0n) is 20.1. The average Bonchev–Trinajstić information content (AvgIpc) is 3.16. The molecule has 0 atom stereocenters. The van der Waals surface area contributed by atoms with Crippen LogP contribution in [0, 0.1) is 5.82 Å². The molecule has 4 rings (SSSR count). The van der Waals surface area contributed by atoms with Crippen LogP contribution in [0.3, 0.4) is 0 Å². The molecule has 1 heterocycles. The summed E-state index contributed by atoms with van der Waals surface area (Å²) in [5, 5.41) is 6.14. The van der Waals surface area contributed by atoms with Crippen LogP contribution in [0.2, 0.25) is 0 Å². The van der Waals surface area contributed by atoms with Gasteiger partial charge in [-0.25, -0.2) is 4.39 Å². The van der Waals surface area contributed by atoms with E-state index in [1.807, 2.05) is 80.6 Å². The number of benzene rings is 3. The Bertz CT molecular complexity index is 1250. The molecule has 0 fully saturated rings. The third-order valence-electron chi connectivity index (χ3n) is 5.93. The Morgan fingerprint density at radius 2 is 1.66 bits per heavy atom. The molecule has 0 radical (unpaired) electrons. The van der Waals surface area contributed by atoms with Crippen LogP contribution in [0.5, 0.6) is 0 Å². The first-order valence-corrected chi connectivity index (χ1v) is 11.5. The number of carbonyl (C=O) groups excluding carboxylic acids is 2. The first-order chi connectivity index (χ1) is 16.8. The number of nitrogens with zero attached hydrogens (tertiary/aromatic N) is 2. The number of likely N-dealkylation sites (N-methyl/N-ethyl adjacent to an activating group) is 2. The second kappa shape index (κ2) is 10.5. The third kappa shape index (κ3) is 5.75. The van der Waals surface area contributed by atoms with E-state index in [4.69, 9.17) is 0 Å². The van der Waals surface area contributed by atoms with Gasteiger partial charge in [-0.15, -0.1) is 0 Å². The van der Waals surface area contributed by atoms with Crippen LogP contribution in [0.15, 0.2) is 72.8 Å². The minimum atomic E-state index is -0.406. The lowest BCUT2D eigenvalue weighted by Crippen LogP contribution is -2.34. The van der Waals surface area contributed by atoms with Crippen molar-refractivity contribution in [3.63, 3.8) is 0 Å². The van der Waals surface area contributed by atoms with Crippen LogP contribution < -0.4 is 10.6 Å². The predicted octanol–water partition coefficient (Wildman–Crippen LogP) is 4.32. The number of fused-ring (bicyclic) bond motifs is 1. The number of hydrogen-bond acceptors (Lipinski definition) is 4. The van der Waals surface area contributed by atoms with Gasteiger partial charge in [0.25, 0.3) is 5.91 Å². The molecule has 3 aromatic carbocycles. The topological polar surface area (TPSA) is 64.7 Å². The smallest absolute Gasteiger partial charge is 0.258 e. The summed E-state index contributed by atoms with van der Waals surface area (Å²) in [7, 11) is 5.78. The van der Waals surface area contributed by atoms with Crippen molar-refractivity contribution in [2.75, 3.05) is 44.9 Å². The van der Waals surface area contributed by atoms with Crippen molar-refractivity contribution in [1.29, 1.82) is 0 Å². The van der Waals surface area contributed by atoms with Crippen molar-refractivity contribution < 1.29 is 14.0 Å². The number of carbonyl (C=O) groups is 2. The lowest BCUT2D eigenvalue weighted by molar-refractivity contribution is -0.129. The largest absolute Gasteiger partial charge is 0.354 e. The molecule has 7 heteroatoms. The van der Waals surface area contributed by atoms with E-state index in [1.54, 1.807) is 11.0 Å². The zero-order valence-corrected chi connectivity index (χ0v) is 20.1. The van der Waals surface area contributed by atoms with Gasteiger partial charge in [0, 0.05) is 31.4 Å². The van der Waals surface area contributed by atoms with Gasteiger partial charge in [0.15, 0.2) is 0 Å². The standard InChI is InChI=1S/C28H29FN4O2/c1-32(2)15-16-33(3)25(34)17-19-9-12-22(13-10-19)30-27(20-7-5-4-6-8-20)26-23-14-11-21(29)18-24(23)31-28(26)35/h4-14,18,30H,15-17H2,1-3H3,(H,31,35)/b27-26-. The number of nitrogens with one attached hydrogen (secondary N) is 2. The van der Waals surface area contributed by atoms with Crippen molar-refractivity contribution in [2.24, 2.45) is 0 Å². The Morgan fingerprint density at radius 3 is 2.34 bits per heavy atom. The van der Waals surface area contributed by atoms with Crippen LogP contribution in [0.1, 0.15) is 16.7 Å². The van der Waals surface area contributed by atoms with E-state index in [0.717, 1.165) is 23.4 Å². The van der Waals surface area contributed by atoms with Gasteiger partial charge in [0.1, 0.15) is 5.82 Å². The Hall–Kier alpha value is -3.97. The molecule has 2 amide bonds. The first kappa shape index (κ1) is 24.2. The van der Waals surface area contributed by atoms with E-state index in [-0.39, 0.29) is 11.8 Å². The molecule has 3 aromatic rings. The van der Waals surface area contributed by atoms with E-state index in [9.17, 15) is 14.0 Å². The van der Waals surface area contributed by atoms with E-state index in [0.29, 0.717) is 35.5 Å². The monoisotopic (exact) mass is 472 g/mol. The molecule has 0 bridgehead atoms.